The molecule has 0 aliphatic heterocycles. The number of aryl methyl sites for hydroxylation is 2. The van der Waals surface area contributed by atoms with Crippen LogP contribution in [0.25, 0.3) is 11.4 Å². The van der Waals surface area contributed by atoms with E-state index < -0.39 is 0 Å². The van der Waals surface area contributed by atoms with Crippen LogP contribution >= 0.6 is 0 Å². The van der Waals surface area contributed by atoms with Gasteiger partial charge >= 0.3 is 0 Å². The number of rotatable bonds is 8. The van der Waals surface area contributed by atoms with E-state index in [1.54, 1.807) is 0 Å². The minimum absolute atomic E-state index is 0.0882. The average molecular weight is 341 g/mol. The highest BCUT2D eigenvalue weighted by Gasteiger charge is 2.11. The third-order valence-electron chi connectivity index (χ3n) is 3.55. The first-order valence-corrected chi connectivity index (χ1v) is 8.20. The quantitative estimate of drug-likeness (QED) is 0.667. The molecule has 25 heavy (non-hydrogen) atoms. The topological polar surface area (TPSA) is 107 Å². The van der Waals surface area contributed by atoms with Gasteiger partial charge in [-0.1, -0.05) is 47.6 Å². The van der Waals surface area contributed by atoms with Crippen molar-refractivity contribution in [3.63, 3.8) is 0 Å². The number of carbonyl (C=O) groups excluding carboxylic acids is 1. The lowest BCUT2D eigenvalue weighted by Crippen LogP contribution is -2.26. The van der Waals surface area contributed by atoms with Crippen LogP contribution in [0, 0.1) is 0 Å². The number of benzene rings is 1. The molecule has 0 radical (unpaired) electrons. The summed E-state index contributed by atoms with van der Waals surface area (Å²) < 4.78 is 10.2. The van der Waals surface area contributed by atoms with Crippen molar-refractivity contribution in [3.05, 3.63) is 47.9 Å². The van der Waals surface area contributed by atoms with E-state index >= 15 is 0 Å². The van der Waals surface area contributed by atoms with Gasteiger partial charge in [-0.3, -0.25) is 4.79 Å². The van der Waals surface area contributed by atoms with E-state index in [1.807, 2.05) is 37.3 Å². The molecular formula is C17H19N5O3. The Kier molecular flexibility index (Phi) is 5.50. The second kappa shape index (κ2) is 8.18. The van der Waals surface area contributed by atoms with Gasteiger partial charge in [0.05, 0.1) is 0 Å². The number of aromatic nitrogens is 4. The highest BCUT2D eigenvalue weighted by atomic mass is 16.5. The molecule has 0 saturated carbocycles. The predicted molar refractivity (Wildman–Crippen MR) is 88.4 cm³/mol. The molecule has 3 aromatic rings. The molecule has 2 aromatic heterocycles. The van der Waals surface area contributed by atoms with Crippen molar-refractivity contribution < 1.29 is 13.8 Å². The second-order valence-corrected chi connectivity index (χ2v) is 5.44. The average Bonchev–Trinajstić information content (AvgIpc) is 3.30. The van der Waals surface area contributed by atoms with Crippen molar-refractivity contribution in [2.24, 2.45) is 0 Å². The molecule has 0 fully saturated rings. The maximum Gasteiger partial charge on any atom is 0.228 e. The van der Waals surface area contributed by atoms with Gasteiger partial charge in [-0.05, 0) is 0 Å². The third-order valence-corrected chi connectivity index (χ3v) is 3.55. The zero-order valence-electron chi connectivity index (χ0n) is 13.9. The van der Waals surface area contributed by atoms with Crippen LogP contribution in [0.5, 0.6) is 0 Å². The molecular weight excluding hydrogens is 322 g/mol. The first-order valence-electron chi connectivity index (χ1n) is 8.20. The highest BCUT2D eigenvalue weighted by Crippen LogP contribution is 2.15. The molecule has 0 saturated heterocycles. The van der Waals surface area contributed by atoms with Crippen LogP contribution in [0.3, 0.4) is 0 Å². The number of nitrogens with zero attached hydrogens (tertiary/aromatic N) is 4. The Hall–Kier alpha value is -3.03. The molecule has 1 aromatic carbocycles. The number of hydrogen-bond acceptors (Lipinski definition) is 7. The maximum atomic E-state index is 11.9. The van der Waals surface area contributed by atoms with Gasteiger partial charge in [0.15, 0.2) is 5.82 Å². The number of amides is 1. The largest absolute Gasteiger partial charge is 0.356 e. The zero-order valence-corrected chi connectivity index (χ0v) is 13.9. The lowest BCUT2D eigenvalue weighted by atomic mass is 10.2. The maximum absolute atomic E-state index is 11.9. The molecule has 1 amide bonds. The van der Waals surface area contributed by atoms with Gasteiger partial charge in [-0.2, -0.15) is 9.97 Å². The molecule has 130 valence electrons. The summed E-state index contributed by atoms with van der Waals surface area (Å²) >= 11 is 0. The standard InChI is InChI=1S/C17H19N5O3/c1-2-13-19-16(24-21-13)10-11-18-14(23)8-9-15-20-17(22-25-15)12-6-4-3-5-7-12/h3-7H,2,8-11H2,1H3,(H,18,23). The van der Waals surface area contributed by atoms with E-state index in [2.05, 4.69) is 25.6 Å². The van der Waals surface area contributed by atoms with Crippen LogP contribution in [0.1, 0.15) is 31.0 Å². The Morgan fingerprint density at radius 2 is 1.80 bits per heavy atom. The summed E-state index contributed by atoms with van der Waals surface area (Å²) in [5, 5.41) is 10.6. The van der Waals surface area contributed by atoms with Crippen molar-refractivity contribution in [2.75, 3.05) is 6.54 Å². The molecule has 0 bridgehead atoms. The Morgan fingerprint density at radius 1 is 1.04 bits per heavy atom. The Bertz CT molecular complexity index is 813. The fraction of sp³-hybridized carbons (Fsp3) is 0.353. The molecule has 0 unspecified atom stereocenters. The fourth-order valence-electron chi connectivity index (χ4n) is 2.21. The SMILES string of the molecule is CCc1noc(CCNC(=O)CCc2nc(-c3ccccc3)no2)n1. The van der Waals surface area contributed by atoms with Crippen LogP contribution in [-0.4, -0.2) is 32.7 Å². The molecule has 0 aliphatic rings. The van der Waals surface area contributed by atoms with E-state index in [1.165, 1.54) is 0 Å². The van der Waals surface area contributed by atoms with E-state index in [0.29, 0.717) is 42.8 Å². The van der Waals surface area contributed by atoms with Crippen LogP contribution in [0.15, 0.2) is 39.4 Å². The molecule has 8 heteroatoms. The molecule has 2 heterocycles. The summed E-state index contributed by atoms with van der Waals surface area (Å²) in [6.07, 6.45) is 1.91. The smallest absolute Gasteiger partial charge is 0.228 e. The van der Waals surface area contributed by atoms with E-state index in [9.17, 15) is 4.79 Å². The Labute approximate surface area is 144 Å². The third kappa shape index (κ3) is 4.72. The summed E-state index contributed by atoms with van der Waals surface area (Å²) in [4.78, 5) is 20.4. The summed E-state index contributed by atoms with van der Waals surface area (Å²) in [5.74, 6) is 2.08. The summed E-state index contributed by atoms with van der Waals surface area (Å²) in [6.45, 7) is 2.40. The van der Waals surface area contributed by atoms with Gasteiger partial charge in [0.2, 0.25) is 23.5 Å². The Balaban J connectivity index is 1.41. The van der Waals surface area contributed by atoms with Gasteiger partial charge in [0.1, 0.15) is 0 Å². The van der Waals surface area contributed by atoms with Crippen molar-refractivity contribution in [1.82, 2.24) is 25.6 Å². The lowest BCUT2D eigenvalue weighted by Gasteiger charge is -2.01. The van der Waals surface area contributed by atoms with Gasteiger partial charge in [0, 0.05) is 37.8 Å². The number of nitrogens with one attached hydrogen (secondary N) is 1. The second-order valence-electron chi connectivity index (χ2n) is 5.44. The van der Waals surface area contributed by atoms with Crippen LogP contribution in [0.4, 0.5) is 0 Å². The Morgan fingerprint density at radius 3 is 2.56 bits per heavy atom. The molecule has 8 nitrogen and oxygen atoms in total. The summed E-state index contributed by atoms with van der Waals surface area (Å²) in [5.41, 5.74) is 0.882. The molecule has 3 rings (SSSR count). The first kappa shape index (κ1) is 16.8. The predicted octanol–water partition coefficient (Wildman–Crippen LogP) is 1.97. The monoisotopic (exact) mass is 341 g/mol. The molecule has 1 N–H and O–H groups in total. The van der Waals surface area contributed by atoms with E-state index in [4.69, 9.17) is 9.05 Å². The van der Waals surface area contributed by atoms with E-state index in [0.717, 1.165) is 12.0 Å². The van der Waals surface area contributed by atoms with Crippen LogP contribution in [0.2, 0.25) is 0 Å². The van der Waals surface area contributed by atoms with Crippen LogP contribution < -0.4 is 5.32 Å². The first-order chi connectivity index (χ1) is 12.2. The summed E-state index contributed by atoms with van der Waals surface area (Å²) in [6, 6.07) is 9.55. The zero-order chi connectivity index (χ0) is 17.5. The van der Waals surface area contributed by atoms with Crippen LogP contribution in [-0.2, 0) is 24.1 Å². The minimum atomic E-state index is -0.0882. The van der Waals surface area contributed by atoms with Gasteiger partial charge in [-0.25, -0.2) is 0 Å². The lowest BCUT2D eigenvalue weighted by molar-refractivity contribution is -0.121. The van der Waals surface area contributed by atoms with Gasteiger partial charge < -0.3 is 14.4 Å². The highest BCUT2D eigenvalue weighted by molar-refractivity contribution is 5.76. The minimum Gasteiger partial charge on any atom is -0.356 e. The molecule has 0 spiro atoms. The van der Waals surface area contributed by atoms with Crippen molar-refractivity contribution in [3.8, 4) is 11.4 Å². The van der Waals surface area contributed by atoms with Crippen molar-refractivity contribution in [2.45, 2.75) is 32.6 Å². The number of hydrogen-bond donors (Lipinski definition) is 1. The fourth-order valence-corrected chi connectivity index (χ4v) is 2.21. The van der Waals surface area contributed by atoms with Gasteiger partial charge in [-0.15, -0.1) is 0 Å². The molecule has 0 aliphatic carbocycles. The van der Waals surface area contributed by atoms with Crippen molar-refractivity contribution in [1.29, 1.82) is 0 Å². The number of carbonyl (C=O) groups is 1. The van der Waals surface area contributed by atoms with Crippen molar-refractivity contribution >= 4 is 5.91 Å². The van der Waals surface area contributed by atoms with E-state index in [-0.39, 0.29) is 12.3 Å². The normalized spacial score (nSPS) is 10.8. The summed E-state index contributed by atoms with van der Waals surface area (Å²) in [7, 11) is 0. The molecule has 0 atom stereocenters. The van der Waals surface area contributed by atoms with Gasteiger partial charge in [0.25, 0.3) is 0 Å².